The van der Waals surface area contributed by atoms with Gasteiger partial charge in [0, 0.05) is 21.7 Å². The highest BCUT2D eigenvalue weighted by Crippen LogP contribution is 2.61. The molecule has 0 aliphatic heterocycles. The van der Waals surface area contributed by atoms with Gasteiger partial charge in [0.25, 0.3) is 0 Å². The van der Waals surface area contributed by atoms with E-state index in [1.54, 1.807) is 0 Å². The van der Waals surface area contributed by atoms with Crippen molar-refractivity contribution in [2.24, 2.45) is 0 Å². The molecule has 0 radical (unpaired) electrons. The summed E-state index contributed by atoms with van der Waals surface area (Å²) in [7, 11) is 0. The lowest BCUT2D eigenvalue weighted by Gasteiger charge is -2.30. The first-order chi connectivity index (χ1) is 46.1. The Kier molecular flexibility index (Phi) is 12.7. The topological polar surface area (TPSA) is 0 Å². The van der Waals surface area contributed by atoms with Crippen molar-refractivity contribution in [2.75, 3.05) is 0 Å². The standard InChI is InChI=1S/C94H80/c1-9-91(10-2)81-29-21-17-25-69(81)73-45-37-61(53-85(73)91)57-33-41-65-66-42-34-58(62-38-46-74-70-26-18-22-30-82(70)92(11-3,12-4)86(74)54-62)50-78(66)89(77(65)49-57)90-79-51-59(63-39-47-75-71-27-19-23-31-83(71)93(13-5,14-6)87(75)55-63)35-43-67(79)68-44-36-60(52-80(68)90)64-40-48-76-72-28-20-24-32-84(72)94(15-7,16-8)88(76)56-64/h17-56H,9-16H2,1-8H3. The average Bonchev–Trinajstić information content (AvgIpc) is 1.55. The smallest absolute Gasteiger partial charge is 0.0210 e. The van der Waals surface area contributed by atoms with Crippen molar-refractivity contribution in [2.45, 2.75) is 128 Å². The molecular formula is C94H80. The van der Waals surface area contributed by atoms with Gasteiger partial charge in [0.1, 0.15) is 0 Å². The second-order valence-electron chi connectivity index (χ2n) is 28.2. The number of benzene rings is 12. The van der Waals surface area contributed by atoms with Crippen LogP contribution in [-0.2, 0) is 21.7 Å². The predicted molar refractivity (Wildman–Crippen MR) is 398 cm³/mol. The minimum absolute atomic E-state index is 0.0336. The van der Waals surface area contributed by atoms with Crippen LogP contribution in [0.4, 0.5) is 0 Å². The van der Waals surface area contributed by atoms with Crippen molar-refractivity contribution in [1.82, 2.24) is 0 Å². The van der Waals surface area contributed by atoms with E-state index in [-0.39, 0.29) is 21.7 Å². The van der Waals surface area contributed by atoms with Crippen molar-refractivity contribution in [3.8, 4) is 111 Å². The molecule has 0 atom stereocenters. The lowest BCUT2D eigenvalue weighted by molar-refractivity contribution is 0.490. The van der Waals surface area contributed by atoms with Crippen LogP contribution in [0.25, 0.3) is 122 Å². The van der Waals surface area contributed by atoms with Gasteiger partial charge >= 0.3 is 0 Å². The second-order valence-corrected chi connectivity index (χ2v) is 28.2. The summed E-state index contributed by atoms with van der Waals surface area (Å²) in [4.78, 5) is 0. The zero-order valence-corrected chi connectivity index (χ0v) is 55.8. The van der Waals surface area contributed by atoms with E-state index in [2.05, 4.69) is 298 Å². The van der Waals surface area contributed by atoms with Crippen LogP contribution in [0.15, 0.2) is 243 Å². The summed E-state index contributed by atoms with van der Waals surface area (Å²) < 4.78 is 0. The summed E-state index contributed by atoms with van der Waals surface area (Å²) in [6.45, 7) is 19.1. The molecule has 6 aliphatic carbocycles. The van der Waals surface area contributed by atoms with Gasteiger partial charge in [0.15, 0.2) is 0 Å². The monoisotopic (exact) mass is 1210 g/mol. The molecule has 0 bridgehead atoms. The lowest BCUT2D eigenvalue weighted by atomic mass is 9.73. The SMILES string of the molecule is CCC1(CC)c2ccccc2-c2ccc(-c3ccc4c(c3)C(=C3c5cc(-c6ccc7c(c6)C(CC)(CC)c6ccccc6-7)ccc5-c5ccc(-c6ccc7c(c6)C(CC)(CC)c6ccccc6-7)cc53)c3cc(-c5ccc6c(c5)C(CC)(CC)c5ccccc5-6)ccc3-4)cc21. The van der Waals surface area contributed by atoms with Crippen molar-refractivity contribution in [3.63, 3.8) is 0 Å². The van der Waals surface area contributed by atoms with Crippen LogP contribution in [0.5, 0.6) is 0 Å². The molecule has 456 valence electrons. The normalized spacial score (nSPS) is 15.7. The summed E-state index contributed by atoms with van der Waals surface area (Å²) in [5, 5.41) is 0. The maximum absolute atomic E-state index is 2.58. The minimum atomic E-state index is -0.0336. The van der Waals surface area contributed by atoms with Gasteiger partial charge in [0.2, 0.25) is 0 Å². The molecule has 0 heterocycles. The van der Waals surface area contributed by atoms with E-state index < -0.39 is 0 Å². The molecule has 6 aliphatic rings. The molecule has 12 aromatic rings. The third kappa shape index (κ3) is 7.46. The molecule has 0 nitrogen and oxygen atoms in total. The molecule has 0 saturated carbocycles. The van der Waals surface area contributed by atoms with Crippen molar-refractivity contribution in [3.05, 3.63) is 309 Å². The number of rotatable bonds is 12. The molecule has 18 rings (SSSR count). The largest absolute Gasteiger partial charge is 0.0642 e. The number of hydrogen-bond donors (Lipinski definition) is 0. The molecule has 0 heteroatoms. The van der Waals surface area contributed by atoms with Crippen molar-refractivity contribution in [1.29, 1.82) is 0 Å². The highest BCUT2D eigenvalue weighted by atomic mass is 14.5. The Morgan fingerprint density at radius 1 is 0.160 bits per heavy atom. The van der Waals surface area contributed by atoms with Gasteiger partial charge in [-0.15, -0.1) is 0 Å². The summed E-state index contributed by atoms with van der Waals surface area (Å²) in [6.07, 6.45) is 8.45. The molecule has 0 fully saturated rings. The molecule has 0 amide bonds. The number of fused-ring (bicyclic) bond motifs is 18. The molecule has 0 N–H and O–H groups in total. The average molecular weight is 1210 g/mol. The molecule has 0 spiro atoms. The van der Waals surface area contributed by atoms with E-state index in [0.29, 0.717) is 0 Å². The van der Waals surface area contributed by atoms with Crippen molar-refractivity contribution < 1.29 is 0 Å². The number of hydrogen-bond acceptors (Lipinski definition) is 0. The van der Waals surface area contributed by atoms with Crippen molar-refractivity contribution >= 4 is 11.1 Å². The van der Waals surface area contributed by atoms with E-state index in [0.717, 1.165) is 51.4 Å². The fourth-order valence-corrected chi connectivity index (χ4v) is 20.1. The Hall–Kier alpha value is -9.62. The highest BCUT2D eigenvalue weighted by Gasteiger charge is 2.45. The molecule has 0 unspecified atom stereocenters. The Balaban J connectivity index is 0.884. The van der Waals surface area contributed by atoms with Gasteiger partial charge < -0.3 is 0 Å². The maximum Gasteiger partial charge on any atom is 0.0210 e. The lowest BCUT2D eigenvalue weighted by Crippen LogP contribution is -2.23. The van der Waals surface area contributed by atoms with Crippen LogP contribution in [-0.4, -0.2) is 0 Å². The van der Waals surface area contributed by atoms with Crippen LogP contribution in [0.2, 0.25) is 0 Å². The van der Waals surface area contributed by atoms with Gasteiger partial charge in [-0.3, -0.25) is 0 Å². The zero-order valence-electron chi connectivity index (χ0n) is 55.8. The van der Waals surface area contributed by atoms with E-state index in [1.165, 1.54) is 189 Å². The molecule has 0 saturated heterocycles. The first-order valence-corrected chi connectivity index (χ1v) is 35.4. The van der Waals surface area contributed by atoms with Crippen LogP contribution in [0.1, 0.15) is 174 Å². The van der Waals surface area contributed by atoms with Crippen LogP contribution in [0, 0.1) is 0 Å². The predicted octanol–water partition coefficient (Wildman–Crippen LogP) is 25.7. The highest BCUT2D eigenvalue weighted by molar-refractivity contribution is 6.20. The van der Waals surface area contributed by atoms with Gasteiger partial charge in [-0.1, -0.05) is 250 Å². The Morgan fingerprint density at radius 3 is 0.532 bits per heavy atom. The quantitative estimate of drug-likeness (QED) is 0.114. The van der Waals surface area contributed by atoms with E-state index in [4.69, 9.17) is 0 Å². The van der Waals surface area contributed by atoms with E-state index >= 15 is 0 Å². The second kappa shape index (κ2) is 20.9. The fraction of sp³-hybridized carbons (Fsp3) is 0.213. The van der Waals surface area contributed by atoms with E-state index in [9.17, 15) is 0 Å². The zero-order chi connectivity index (χ0) is 63.6. The Labute approximate surface area is 556 Å². The van der Waals surface area contributed by atoms with Gasteiger partial charge in [-0.25, -0.2) is 0 Å². The van der Waals surface area contributed by atoms with Crippen LogP contribution >= 0.6 is 0 Å². The molecular weight excluding hydrogens is 1130 g/mol. The molecule has 94 heavy (non-hydrogen) atoms. The van der Waals surface area contributed by atoms with Gasteiger partial charge in [0.05, 0.1) is 0 Å². The summed E-state index contributed by atoms with van der Waals surface area (Å²) in [5.41, 5.74) is 45.8. The molecule has 12 aromatic carbocycles. The minimum Gasteiger partial charge on any atom is -0.0642 e. The summed E-state index contributed by atoms with van der Waals surface area (Å²) in [5.74, 6) is 0. The van der Waals surface area contributed by atoms with E-state index in [1.807, 2.05) is 0 Å². The summed E-state index contributed by atoms with van der Waals surface area (Å²) in [6, 6.07) is 96.3. The van der Waals surface area contributed by atoms with Gasteiger partial charge in [-0.05, 0) is 289 Å². The molecule has 0 aromatic heterocycles. The Morgan fingerprint density at radius 2 is 0.330 bits per heavy atom. The maximum atomic E-state index is 2.58. The third-order valence-corrected chi connectivity index (χ3v) is 25.2. The first-order valence-electron chi connectivity index (χ1n) is 35.4. The first kappa shape index (κ1) is 57.1. The van der Waals surface area contributed by atoms with Crippen LogP contribution < -0.4 is 0 Å². The fourth-order valence-electron chi connectivity index (χ4n) is 20.1. The van der Waals surface area contributed by atoms with Gasteiger partial charge in [-0.2, -0.15) is 0 Å². The Bertz CT molecular complexity index is 4590. The third-order valence-electron chi connectivity index (χ3n) is 25.2. The van der Waals surface area contributed by atoms with Crippen LogP contribution in [0.3, 0.4) is 0 Å². The summed E-state index contributed by atoms with van der Waals surface area (Å²) >= 11 is 0.